The van der Waals surface area contributed by atoms with Crippen LogP contribution in [0.15, 0.2) is 58.0 Å². The first kappa shape index (κ1) is 15.1. The fourth-order valence-corrected chi connectivity index (χ4v) is 4.32. The molecule has 2 aromatic carbocycles. The first-order valence-electron chi connectivity index (χ1n) is 6.60. The van der Waals surface area contributed by atoms with Crippen molar-refractivity contribution in [1.29, 1.82) is 0 Å². The highest BCUT2D eigenvalue weighted by Crippen LogP contribution is 2.32. The highest BCUT2D eigenvalue weighted by Gasteiger charge is 2.20. The van der Waals surface area contributed by atoms with Crippen LogP contribution in [-0.4, -0.2) is 19.5 Å². The number of nitrogens with zero attached hydrogens (tertiary/aromatic N) is 1. The smallest absolute Gasteiger partial charge is 0.268 e. The van der Waals surface area contributed by atoms with E-state index in [1.807, 2.05) is 6.92 Å². The van der Waals surface area contributed by atoms with E-state index in [1.165, 1.54) is 3.97 Å². The minimum atomic E-state index is -3.64. The first-order valence-corrected chi connectivity index (χ1v) is 8.83. The molecule has 0 bridgehead atoms. The summed E-state index contributed by atoms with van der Waals surface area (Å²) >= 11 is 3.42. The topological polar surface area (TPSA) is 48.3 Å². The second-order valence-corrected chi connectivity index (χ2v) is 7.64. The van der Waals surface area contributed by atoms with Crippen LogP contribution in [0.5, 0.6) is 5.75 Å². The molecule has 0 N–H and O–H groups in total. The zero-order chi connectivity index (χ0) is 15.9. The fraction of sp³-hybridized carbons (Fsp3) is 0.125. The summed E-state index contributed by atoms with van der Waals surface area (Å²) in [4.78, 5) is 0.262. The Morgan fingerprint density at radius 1 is 1.09 bits per heavy atom. The quantitative estimate of drug-likeness (QED) is 0.691. The molecule has 1 heterocycles. The number of ether oxygens (including phenoxy) is 1. The number of hydrogen-bond acceptors (Lipinski definition) is 3. The van der Waals surface area contributed by atoms with Gasteiger partial charge in [0.05, 0.1) is 17.5 Å². The van der Waals surface area contributed by atoms with E-state index in [2.05, 4.69) is 15.9 Å². The standard InChI is InChI=1S/C16H14BrNO3S/c1-11-3-6-13(7-4-11)22(19,20)18-10-15(17)14-9-12(21-2)5-8-16(14)18/h3-10H,1-2H3. The molecule has 22 heavy (non-hydrogen) atoms. The SMILES string of the molecule is COc1ccc2c(c1)c(Br)cn2S(=O)(=O)c1ccc(C)cc1. The lowest BCUT2D eigenvalue weighted by atomic mass is 10.2. The van der Waals surface area contributed by atoms with Crippen molar-refractivity contribution in [1.82, 2.24) is 3.97 Å². The summed E-state index contributed by atoms with van der Waals surface area (Å²) in [5.74, 6) is 0.679. The van der Waals surface area contributed by atoms with Gasteiger partial charge in [0, 0.05) is 16.1 Å². The lowest BCUT2D eigenvalue weighted by Gasteiger charge is -2.08. The van der Waals surface area contributed by atoms with Crippen LogP contribution in [-0.2, 0) is 10.0 Å². The van der Waals surface area contributed by atoms with Crippen molar-refractivity contribution in [2.45, 2.75) is 11.8 Å². The normalized spacial score (nSPS) is 11.8. The van der Waals surface area contributed by atoms with Crippen LogP contribution >= 0.6 is 15.9 Å². The van der Waals surface area contributed by atoms with Crippen LogP contribution in [0.2, 0.25) is 0 Å². The molecular formula is C16H14BrNO3S. The number of rotatable bonds is 3. The summed E-state index contributed by atoms with van der Waals surface area (Å²) in [6, 6.07) is 12.1. The van der Waals surface area contributed by atoms with E-state index in [0.29, 0.717) is 15.7 Å². The number of methoxy groups -OCH3 is 1. The van der Waals surface area contributed by atoms with E-state index in [-0.39, 0.29) is 4.90 Å². The predicted molar refractivity (Wildman–Crippen MR) is 90.0 cm³/mol. The third-order valence-corrected chi connectivity index (χ3v) is 5.83. The zero-order valence-electron chi connectivity index (χ0n) is 12.1. The molecule has 0 saturated carbocycles. The Kier molecular flexibility index (Phi) is 3.74. The van der Waals surface area contributed by atoms with Gasteiger partial charge in [-0.2, -0.15) is 0 Å². The molecule has 1 aromatic heterocycles. The predicted octanol–water partition coefficient (Wildman–Crippen LogP) is 3.96. The molecule has 4 nitrogen and oxygen atoms in total. The van der Waals surface area contributed by atoms with Crippen LogP contribution in [0.25, 0.3) is 10.9 Å². The van der Waals surface area contributed by atoms with Crippen LogP contribution in [0.1, 0.15) is 5.56 Å². The molecule has 0 unspecified atom stereocenters. The van der Waals surface area contributed by atoms with Gasteiger partial charge >= 0.3 is 0 Å². The third kappa shape index (κ3) is 2.42. The number of fused-ring (bicyclic) bond motifs is 1. The molecule has 3 rings (SSSR count). The highest BCUT2D eigenvalue weighted by molar-refractivity contribution is 9.10. The molecule has 0 saturated heterocycles. The maximum absolute atomic E-state index is 12.8. The molecule has 6 heteroatoms. The molecule has 0 amide bonds. The van der Waals surface area contributed by atoms with Gasteiger partial charge < -0.3 is 4.74 Å². The molecule has 0 atom stereocenters. The Morgan fingerprint density at radius 2 is 1.77 bits per heavy atom. The van der Waals surface area contributed by atoms with Gasteiger partial charge in [-0.15, -0.1) is 0 Å². The molecule has 114 valence electrons. The van der Waals surface area contributed by atoms with E-state index < -0.39 is 10.0 Å². The van der Waals surface area contributed by atoms with Crippen molar-refractivity contribution >= 4 is 36.9 Å². The number of halogens is 1. The molecule has 0 radical (unpaired) electrons. The second-order valence-electron chi connectivity index (χ2n) is 4.97. The van der Waals surface area contributed by atoms with Gasteiger partial charge in [-0.05, 0) is 53.2 Å². The summed E-state index contributed by atoms with van der Waals surface area (Å²) in [5.41, 5.74) is 1.62. The first-order chi connectivity index (χ1) is 10.4. The summed E-state index contributed by atoms with van der Waals surface area (Å²) < 4.78 is 32.9. The molecule has 0 spiro atoms. The van der Waals surface area contributed by atoms with Crippen LogP contribution in [0.4, 0.5) is 0 Å². The van der Waals surface area contributed by atoms with E-state index in [9.17, 15) is 8.42 Å². The third-order valence-electron chi connectivity index (χ3n) is 3.51. The largest absolute Gasteiger partial charge is 0.497 e. The molecule has 0 aliphatic heterocycles. The Balaban J connectivity index is 2.23. The number of aryl methyl sites for hydroxylation is 1. The summed E-state index contributed by atoms with van der Waals surface area (Å²) in [6.07, 6.45) is 1.57. The number of hydrogen-bond donors (Lipinski definition) is 0. The van der Waals surface area contributed by atoms with Crippen molar-refractivity contribution in [3.05, 3.63) is 58.7 Å². The maximum Gasteiger partial charge on any atom is 0.268 e. The lowest BCUT2D eigenvalue weighted by Crippen LogP contribution is -2.11. The second kappa shape index (κ2) is 5.44. The van der Waals surface area contributed by atoms with E-state index in [4.69, 9.17) is 4.74 Å². The van der Waals surface area contributed by atoms with E-state index >= 15 is 0 Å². The van der Waals surface area contributed by atoms with E-state index in [1.54, 1.807) is 55.8 Å². The van der Waals surface area contributed by atoms with Crippen LogP contribution < -0.4 is 4.74 Å². The molecule has 3 aromatic rings. The van der Waals surface area contributed by atoms with Gasteiger partial charge in [-0.25, -0.2) is 12.4 Å². The monoisotopic (exact) mass is 379 g/mol. The number of aromatic nitrogens is 1. The van der Waals surface area contributed by atoms with E-state index in [0.717, 1.165) is 10.9 Å². The summed E-state index contributed by atoms with van der Waals surface area (Å²) in [7, 11) is -2.06. The van der Waals surface area contributed by atoms with Crippen LogP contribution in [0.3, 0.4) is 0 Å². The lowest BCUT2D eigenvalue weighted by molar-refractivity contribution is 0.415. The van der Waals surface area contributed by atoms with Crippen molar-refractivity contribution < 1.29 is 13.2 Å². The summed E-state index contributed by atoms with van der Waals surface area (Å²) in [6.45, 7) is 1.92. The molecule has 0 fully saturated rings. The highest BCUT2D eigenvalue weighted by atomic mass is 79.9. The van der Waals surface area contributed by atoms with Crippen molar-refractivity contribution in [3.63, 3.8) is 0 Å². The van der Waals surface area contributed by atoms with Gasteiger partial charge in [0.25, 0.3) is 10.0 Å². The van der Waals surface area contributed by atoms with Gasteiger partial charge in [0.15, 0.2) is 0 Å². The number of benzene rings is 2. The van der Waals surface area contributed by atoms with Gasteiger partial charge in [-0.1, -0.05) is 17.7 Å². The van der Waals surface area contributed by atoms with Gasteiger partial charge in [0.2, 0.25) is 0 Å². The Labute approximate surface area is 137 Å². The maximum atomic E-state index is 12.8. The van der Waals surface area contributed by atoms with Crippen molar-refractivity contribution in [3.8, 4) is 5.75 Å². The average Bonchev–Trinajstić information content (AvgIpc) is 2.85. The Morgan fingerprint density at radius 3 is 2.41 bits per heavy atom. The van der Waals surface area contributed by atoms with Gasteiger partial charge in [0.1, 0.15) is 5.75 Å². The fourth-order valence-electron chi connectivity index (χ4n) is 2.29. The minimum absolute atomic E-state index is 0.262. The van der Waals surface area contributed by atoms with Crippen LogP contribution in [0, 0.1) is 6.92 Å². The summed E-state index contributed by atoms with van der Waals surface area (Å²) in [5, 5.41) is 0.787. The molecule has 0 aliphatic carbocycles. The minimum Gasteiger partial charge on any atom is -0.497 e. The molecule has 0 aliphatic rings. The van der Waals surface area contributed by atoms with Gasteiger partial charge in [-0.3, -0.25) is 0 Å². The van der Waals surface area contributed by atoms with Crippen molar-refractivity contribution in [2.24, 2.45) is 0 Å². The van der Waals surface area contributed by atoms with Crippen molar-refractivity contribution in [2.75, 3.05) is 7.11 Å². The Bertz CT molecular complexity index is 943. The Hall–Kier alpha value is -1.79. The zero-order valence-corrected chi connectivity index (χ0v) is 14.5. The average molecular weight is 380 g/mol. The molecular weight excluding hydrogens is 366 g/mol.